The third-order valence-corrected chi connectivity index (χ3v) is 9.96. The van der Waals surface area contributed by atoms with Crippen molar-refractivity contribution < 1.29 is 33.3 Å². The van der Waals surface area contributed by atoms with Gasteiger partial charge in [0.15, 0.2) is 0 Å². The fourth-order valence-corrected chi connectivity index (χ4v) is 6.81. The molecule has 3 rings (SSSR count). The summed E-state index contributed by atoms with van der Waals surface area (Å²) in [6.45, 7) is 6.65. The fourth-order valence-electron chi connectivity index (χ4n) is 4.75. The molecule has 0 atom stereocenters. The summed E-state index contributed by atoms with van der Waals surface area (Å²) in [7, 11) is 5.06. The van der Waals surface area contributed by atoms with Gasteiger partial charge in [0.1, 0.15) is 17.1 Å². The Labute approximate surface area is 254 Å². The molecular formula is C29H40N4O7S2. The van der Waals surface area contributed by atoms with Crippen LogP contribution in [0, 0.1) is 0 Å². The average molecular weight is 621 g/mol. The zero-order chi connectivity index (χ0) is 30.5. The van der Waals surface area contributed by atoms with E-state index in [1.165, 1.54) is 0 Å². The van der Waals surface area contributed by atoms with Crippen LogP contribution >= 0.6 is 21.6 Å². The highest BCUT2D eigenvalue weighted by Gasteiger charge is 2.29. The van der Waals surface area contributed by atoms with Crippen molar-refractivity contribution >= 4 is 56.9 Å². The summed E-state index contributed by atoms with van der Waals surface area (Å²) in [6.07, 6.45) is 4.58. The van der Waals surface area contributed by atoms with Gasteiger partial charge in [0.05, 0.1) is 6.61 Å². The van der Waals surface area contributed by atoms with Crippen LogP contribution in [0.4, 0.5) is 0 Å². The first-order valence-corrected chi connectivity index (χ1v) is 16.6. The highest BCUT2D eigenvalue weighted by molar-refractivity contribution is 8.78. The Balaban J connectivity index is 1.33. The topological polar surface area (TPSA) is 132 Å². The number of ether oxygens (including phenoxy) is 2. The Bertz CT molecular complexity index is 1240. The summed E-state index contributed by atoms with van der Waals surface area (Å²) in [6, 6.07) is 5.15. The van der Waals surface area contributed by atoms with E-state index in [1.54, 1.807) is 56.6 Å². The number of fused-ring (bicyclic) bond motifs is 1. The second-order valence-electron chi connectivity index (χ2n) is 10.0. The Hall–Kier alpha value is -3.06. The van der Waals surface area contributed by atoms with Gasteiger partial charge in [-0.05, 0) is 74.5 Å². The molecule has 0 N–H and O–H groups in total. The molecule has 13 heteroatoms. The summed E-state index contributed by atoms with van der Waals surface area (Å²) in [4.78, 5) is 53.3. The first kappa shape index (κ1) is 33.4. The van der Waals surface area contributed by atoms with Crippen molar-refractivity contribution in [3.05, 3.63) is 34.4 Å². The Morgan fingerprint density at radius 3 is 2.45 bits per heavy atom. The van der Waals surface area contributed by atoms with Crippen LogP contribution in [0.5, 0.6) is 0 Å². The molecule has 1 aliphatic rings. The van der Waals surface area contributed by atoms with Crippen LogP contribution in [0.3, 0.4) is 0 Å². The summed E-state index contributed by atoms with van der Waals surface area (Å²) >= 11 is 0. The van der Waals surface area contributed by atoms with Crippen molar-refractivity contribution in [1.82, 2.24) is 20.1 Å². The van der Waals surface area contributed by atoms with E-state index in [1.807, 2.05) is 13.8 Å². The molecule has 0 aliphatic heterocycles. The Kier molecular flexibility index (Phi) is 13.7. The van der Waals surface area contributed by atoms with Gasteiger partial charge >= 0.3 is 11.9 Å². The summed E-state index contributed by atoms with van der Waals surface area (Å²) in [5.41, 5.74) is 2.53. The number of allylic oxidation sites excluding steroid dienone is 1. The molecule has 2 aromatic rings. The second kappa shape index (κ2) is 17.2. The van der Waals surface area contributed by atoms with Gasteiger partial charge in [-0.2, -0.15) is 0 Å². The third-order valence-electron chi connectivity index (χ3n) is 7.24. The largest absolute Gasteiger partial charge is 0.465 e. The molecule has 0 radical (unpaired) electrons. The molecule has 230 valence electrons. The lowest BCUT2D eigenvalue weighted by Gasteiger charge is -2.34. The number of carbonyl (C=O) groups excluding carboxylic acids is 4. The number of esters is 2. The number of amides is 2. The van der Waals surface area contributed by atoms with Crippen LogP contribution in [0.25, 0.3) is 11.0 Å². The summed E-state index contributed by atoms with van der Waals surface area (Å²) in [5, 5.41) is 7.57. The molecule has 1 aliphatic carbocycles. The minimum Gasteiger partial charge on any atom is -0.465 e. The molecular weight excluding hydrogens is 580 g/mol. The van der Waals surface area contributed by atoms with Gasteiger partial charge in [-0.25, -0.2) is 4.63 Å². The zero-order valence-electron chi connectivity index (χ0n) is 24.7. The molecule has 0 saturated heterocycles. The van der Waals surface area contributed by atoms with Crippen molar-refractivity contribution in [2.75, 3.05) is 26.0 Å². The van der Waals surface area contributed by atoms with Crippen molar-refractivity contribution in [3.63, 3.8) is 0 Å². The van der Waals surface area contributed by atoms with Gasteiger partial charge in [0.2, 0.25) is 6.41 Å². The highest BCUT2D eigenvalue weighted by Crippen LogP contribution is 2.35. The molecule has 2 amide bonds. The van der Waals surface area contributed by atoms with E-state index < -0.39 is 0 Å². The predicted molar refractivity (Wildman–Crippen MR) is 162 cm³/mol. The third kappa shape index (κ3) is 9.75. The maximum Gasteiger partial charge on any atom is 0.306 e. The van der Waals surface area contributed by atoms with Crippen LogP contribution in [0.15, 0.2) is 33.4 Å². The van der Waals surface area contributed by atoms with Crippen LogP contribution in [-0.2, 0) is 23.9 Å². The monoisotopic (exact) mass is 620 g/mol. The number of hydrogen-bond donors (Lipinski definition) is 0. The summed E-state index contributed by atoms with van der Waals surface area (Å²) < 4.78 is 15.7. The van der Waals surface area contributed by atoms with Gasteiger partial charge in [-0.1, -0.05) is 28.5 Å². The minimum absolute atomic E-state index is 0.0509. The minimum atomic E-state index is -0.358. The Morgan fingerprint density at radius 1 is 1.05 bits per heavy atom. The SMILES string of the molecule is CCSS/C(CCOC(=O)CCCC(=O)O[C@H]1CC[C@H](N(C)C(=O)c2ccc3nonc3c2)CC1)=C(/C)N(C=O)CC. The van der Waals surface area contributed by atoms with Crippen LogP contribution < -0.4 is 0 Å². The zero-order valence-corrected chi connectivity index (χ0v) is 26.3. The lowest BCUT2D eigenvalue weighted by Crippen LogP contribution is -2.41. The predicted octanol–water partition coefficient (Wildman–Crippen LogP) is 5.36. The maximum absolute atomic E-state index is 13.0. The molecule has 0 unspecified atom stereocenters. The van der Waals surface area contributed by atoms with Gasteiger partial charge in [0, 0.05) is 60.8 Å². The molecule has 11 nitrogen and oxygen atoms in total. The number of hydrogen-bond acceptors (Lipinski definition) is 11. The number of nitrogens with zero attached hydrogens (tertiary/aromatic N) is 4. The van der Waals surface area contributed by atoms with E-state index in [0.29, 0.717) is 48.8 Å². The molecule has 0 bridgehead atoms. The van der Waals surface area contributed by atoms with E-state index in [-0.39, 0.29) is 49.4 Å². The van der Waals surface area contributed by atoms with Gasteiger partial charge in [0.25, 0.3) is 5.91 Å². The molecule has 1 aromatic heterocycles. The van der Waals surface area contributed by atoms with Crippen LogP contribution in [0.1, 0.15) is 82.5 Å². The highest BCUT2D eigenvalue weighted by atomic mass is 33.1. The van der Waals surface area contributed by atoms with Crippen LogP contribution in [0.2, 0.25) is 0 Å². The van der Waals surface area contributed by atoms with E-state index in [4.69, 9.17) is 14.1 Å². The van der Waals surface area contributed by atoms with Crippen LogP contribution in [-0.4, -0.2) is 82.5 Å². The molecule has 1 saturated carbocycles. The molecule has 0 spiro atoms. The molecule has 42 heavy (non-hydrogen) atoms. The normalized spacial score (nSPS) is 17.3. The molecule has 1 heterocycles. The van der Waals surface area contributed by atoms with E-state index >= 15 is 0 Å². The second-order valence-corrected chi connectivity index (χ2v) is 12.7. The lowest BCUT2D eigenvalue weighted by molar-refractivity contribution is -0.151. The van der Waals surface area contributed by atoms with Crippen molar-refractivity contribution in [2.45, 2.75) is 84.3 Å². The number of rotatable bonds is 16. The Morgan fingerprint density at radius 2 is 1.76 bits per heavy atom. The quantitative estimate of drug-likeness (QED) is 0.136. The first-order chi connectivity index (χ1) is 20.3. The van der Waals surface area contributed by atoms with Crippen molar-refractivity contribution in [1.29, 1.82) is 0 Å². The summed E-state index contributed by atoms with van der Waals surface area (Å²) in [5.74, 6) is 0.135. The van der Waals surface area contributed by atoms with E-state index in [0.717, 1.165) is 35.6 Å². The lowest BCUT2D eigenvalue weighted by atomic mass is 9.91. The van der Waals surface area contributed by atoms with Crippen molar-refractivity contribution in [3.8, 4) is 0 Å². The molecule has 1 aromatic carbocycles. The smallest absolute Gasteiger partial charge is 0.306 e. The number of benzene rings is 1. The van der Waals surface area contributed by atoms with E-state index in [2.05, 4.69) is 17.2 Å². The number of carbonyl (C=O) groups is 4. The first-order valence-electron chi connectivity index (χ1n) is 14.3. The fraction of sp³-hybridized carbons (Fsp3) is 0.586. The maximum atomic E-state index is 13.0. The van der Waals surface area contributed by atoms with Gasteiger partial charge < -0.3 is 19.3 Å². The average Bonchev–Trinajstić information content (AvgIpc) is 3.47. The number of aromatic nitrogens is 2. The molecule has 1 fully saturated rings. The van der Waals surface area contributed by atoms with Gasteiger partial charge in [-0.3, -0.25) is 19.2 Å². The van der Waals surface area contributed by atoms with Gasteiger partial charge in [-0.15, -0.1) is 0 Å². The standard InChI is InChI=1S/C29H40N4O7S2/c1-5-33(19-34)20(3)26(42-41-6-2)16-17-38-27(35)8-7-9-28(36)39-23-13-11-22(12-14-23)32(4)29(37)21-10-15-24-25(18-21)31-40-30-24/h10,15,18-19,22-23H,5-9,11-14,16-17H2,1-4H3/b26-20-/t22-,23-. The van der Waals surface area contributed by atoms with Crippen molar-refractivity contribution in [2.24, 2.45) is 0 Å². The van der Waals surface area contributed by atoms with E-state index in [9.17, 15) is 19.2 Å².